The highest BCUT2D eigenvalue weighted by Crippen LogP contribution is 2.04. The summed E-state index contributed by atoms with van der Waals surface area (Å²) in [5.74, 6) is -1.87. The van der Waals surface area contributed by atoms with Gasteiger partial charge in [-0.25, -0.2) is 4.79 Å². The van der Waals surface area contributed by atoms with Crippen molar-refractivity contribution in [2.24, 2.45) is 5.73 Å². The van der Waals surface area contributed by atoms with E-state index in [9.17, 15) is 14.4 Å². The van der Waals surface area contributed by atoms with Crippen molar-refractivity contribution in [3.8, 4) is 0 Å². The summed E-state index contributed by atoms with van der Waals surface area (Å²) in [6.07, 6.45) is 0.875. The fourth-order valence-corrected chi connectivity index (χ4v) is 1.70. The van der Waals surface area contributed by atoms with Crippen molar-refractivity contribution in [1.82, 2.24) is 0 Å². The Kier molecular flexibility index (Phi) is 6.59. The van der Waals surface area contributed by atoms with E-state index in [1.807, 2.05) is 37.3 Å². The molecule has 108 valence electrons. The van der Waals surface area contributed by atoms with Crippen molar-refractivity contribution in [3.63, 3.8) is 0 Å². The normalized spacial score (nSPS) is 11.7. The summed E-state index contributed by atoms with van der Waals surface area (Å²) < 4.78 is 4.58. The summed E-state index contributed by atoms with van der Waals surface area (Å²) in [4.78, 5) is 34.2. The van der Waals surface area contributed by atoms with Gasteiger partial charge in [-0.2, -0.15) is 0 Å². The van der Waals surface area contributed by atoms with Crippen LogP contribution < -0.4 is 5.73 Å². The summed E-state index contributed by atoms with van der Waals surface area (Å²) in [5.41, 5.74) is 6.56. The van der Waals surface area contributed by atoms with Crippen LogP contribution in [0.1, 0.15) is 31.7 Å². The monoisotopic (exact) mass is 277 g/mol. The molecule has 0 spiro atoms. The van der Waals surface area contributed by atoms with Crippen LogP contribution in [0.5, 0.6) is 0 Å². The molecule has 5 nitrogen and oxygen atoms in total. The van der Waals surface area contributed by atoms with Gasteiger partial charge in [-0.15, -0.1) is 0 Å². The Balaban J connectivity index is 2.41. The molecule has 1 unspecified atom stereocenters. The molecule has 0 heterocycles. The number of Topliss-reactive ketones (excluding diaryl/α,β-unsaturated/α-hetero) is 1. The maximum atomic E-state index is 11.6. The van der Waals surface area contributed by atoms with Crippen molar-refractivity contribution < 1.29 is 19.1 Å². The van der Waals surface area contributed by atoms with Gasteiger partial charge in [0.05, 0.1) is 0 Å². The van der Waals surface area contributed by atoms with Crippen LogP contribution in [0.2, 0.25) is 0 Å². The lowest BCUT2D eigenvalue weighted by molar-refractivity contribution is -0.161. The first-order valence-electron chi connectivity index (χ1n) is 6.58. The van der Waals surface area contributed by atoms with E-state index in [4.69, 9.17) is 5.73 Å². The number of rotatable bonds is 7. The number of carbonyl (C=O) groups excluding carboxylic acids is 3. The second kappa shape index (κ2) is 8.22. The highest BCUT2D eigenvalue weighted by molar-refractivity contribution is 5.99. The highest BCUT2D eigenvalue weighted by Gasteiger charge is 2.20. The molecule has 20 heavy (non-hydrogen) atoms. The van der Waals surface area contributed by atoms with E-state index in [-0.39, 0.29) is 18.6 Å². The molecule has 0 aromatic heterocycles. The van der Waals surface area contributed by atoms with Gasteiger partial charge in [-0.3, -0.25) is 9.59 Å². The largest absolute Gasteiger partial charge is 0.392 e. The van der Waals surface area contributed by atoms with Gasteiger partial charge >= 0.3 is 11.9 Å². The van der Waals surface area contributed by atoms with Gasteiger partial charge < -0.3 is 10.5 Å². The zero-order valence-electron chi connectivity index (χ0n) is 11.5. The third kappa shape index (κ3) is 5.75. The number of esters is 2. The Bertz CT molecular complexity index is 470. The Morgan fingerprint density at radius 3 is 2.45 bits per heavy atom. The zero-order chi connectivity index (χ0) is 15.0. The van der Waals surface area contributed by atoms with Crippen molar-refractivity contribution >= 4 is 17.7 Å². The predicted molar refractivity (Wildman–Crippen MR) is 73.8 cm³/mol. The fraction of sp³-hybridized carbons (Fsp3) is 0.400. The number of hydrogen-bond donors (Lipinski definition) is 1. The molecular formula is C15H19NO4. The minimum atomic E-state index is -0.914. The topological polar surface area (TPSA) is 86.5 Å². The maximum absolute atomic E-state index is 11.6. The smallest absolute Gasteiger partial charge is 0.330 e. The van der Waals surface area contributed by atoms with E-state index >= 15 is 0 Å². The van der Waals surface area contributed by atoms with Crippen molar-refractivity contribution in [2.75, 3.05) is 0 Å². The fourth-order valence-electron chi connectivity index (χ4n) is 1.70. The average Bonchev–Trinajstić information content (AvgIpc) is 2.39. The van der Waals surface area contributed by atoms with Crippen LogP contribution >= 0.6 is 0 Å². The van der Waals surface area contributed by atoms with Crippen LogP contribution in [-0.2, 0) is 25.5 Å². The van der Waals surface area contributed by atoms with Gasteiger partial charge in [-0.1, -0.05) is 37.3 Å². The van der Waals surface area contributed by atoms with Gasteiger partial charge in [-0.05, 0) is 18.4 Å². The average molecular weight is 277 g/mol. The maximum Gasteiger partial charge on any atom is 0.330 e. The number of benzene rings is 1. The zero-order valence-corrected chi connectivity index (χ0v) is 11.5. The summed E-state index contributed by atoms with van der Waals surface area (Å²) in [6.45, 7) is 1.84. The second-order valence-corrected chi connectivity index (χ2v) is 4.55. The van der Waals surface area contributed by atoms with Gasteiger partial charge in [0.2, 0.25) is 0 Å². The number of hydrogen-bond acceptors (Lipinski definition) is 5. The Morgan fingerprint density at radius 1 is 1.20 bits per heavy atom. The molecule has 1 rings (SSSR count). The van der Waals surface area contributed by atoms with Gasteiger partial charge in [0.1, 0.15) is 18.2 Å². The van der Waals surface area contributed by atoms with Crippen LogP contribution in [0.15, 0.2) is 30.3 Å². The first-order valence-corrected chi connectivity index (χ1v) is 6.58. The second-order valence-electron chi connectivity index (χ2n) is 4.55. The summed E-state index contributed by atoms with van der Waals surface area (Å²) in [5, 5.41) is 0. The van der Waals surface area contributed by atoms with Crippen LogP contribution in [0.4, 0.5) is 0 Å². The standard InChI is InChI=1S/C15H19NO4/c1-2-6-12(17)10-14(18)20-15(19)13(16)9-11-7-4-3-5-8-11/h3-5,7-8,13H,2,6,9-10,16H2,1H3. The summed E-state index contributed by atoms with van der Waals surface area (Å²) in [7, 11) is 0. The van der Waals surface area contributed by atoms with E-state index in [1.165, 1.54) is 0 Å². The Labute approximate surface area is 118 Å². The van der Waals surface area contributed by atoms with Crippen LogP contribution in [0.3, 0.4) is 0 Å². The molecule has 5 heteroatoms. The molecule has 0 bridgehead atoms. The minimum absolute atomic E-state index is 0.234. The molecule has 2 N–H and O–H groups in total. The van der Waals surface area contributed by atoms with Crippen molar-refractivity contribution in [1.29, 1.82) is 0 Å². The molecule has 0 radical (unpaired) electrons. The third-order valence-corrected chi connectivity index (χ3v) is 2.69. The van der Waals surface area contributed by atoms with E-state index in [2.05, 4.69) is 4.74 Å². The van der Waals surface area contributed by atoms with Crippen molar-refractivity contribution in [2.45, 2.75) is 38.6 Å². The van der Waals surface area contributed by atoms with Crippen LogP contribution in [-0.4, -0.2) is 23.8 Å². The van der Waals surface area contributed by atoms with Crippen LogP contribution in [0.25, 0.3) is 0 Å². The molecule has 0 fully saturated rings. The quantitative estimate of drug-likeness (QED) is 0.601. The predicted octanol–water partition coefficient (Wildman–Crippen LogP) is 1.39. The summed E-state index contributed by atoms with van der Waals surface area (Å²) in [6, 6.07) is 8.28. The number of carbonyl (C=O) groups is 3. The van der Waals surface area contributed by atoms with Gasteiger partial charge in [0, 0.05) is 6.42 Å². The van der Waals surface area contributed by atoms with E-state index in [0.717, 1.165) is 5.56 Å². The van der Waals surface area contributed by atoms with Gasteiger partial charge in [0.25, 0.3) is 0 Å². The lowest BCUT2D eigenvalue weighted by Crippen LogP contribution is -2.36. The first-order chi connectivity index (χ1) is 9.52. The SMILES string of the molecule is CCCC(=O)CC(=O)OC(=O)C(N)Cc1ccccc1. The number of ketones is 1. The van der Waals surface area contributed by atoms with Gasteiger partial charge in [0.15, 0.2) is 0 Å². The Hall–Kier alpha value is -2.01. The molecule has 0 aliphatic carbocycles. The summed E-state index contributed by atoms with van der Waals surface area (Å²) >= 11 is 0. The van der Waals surface area contributed by atoms with E-state index in [0.29, 0.717) is 12.8 Å². The number of nitrogens with two attached hydrogens (primary N) is 1. The minimum Gasteiger partial charge on any atom is -0.392 e. The Morgan fingerprint density at radius 2 is 1.85 bits per heavy atom. The molecule has 1 aromatic rings. The van der Waals surface area contributed by atoms with Crippen molar-refractivity contribution in [3.05, 3.63) is 35.9 Å². The number of ether oxygens (including phenoxy) is 1. The third-order valence-electron chi connectivity index (χ3n) is 2.69. The first kappa shape index (κ1) is 16.0. The molecule has 0 saturated heterocycles. The molecule has 1 atom stereocenters. The molecule has 0 saturated carbocycles. The molecular weight excluding hydrogens is 258 g/mol. The molecule has 0 aliphatic rings. The molecule has 0 amide bonds. The van der Waals surface area contributed by atoms with Crippen LogP contribution in [0, 0.1) is 0 Å². The highest BCUT2D eigenvalue weighted by atomic mass is 16.6. The molecule has 1 aromatic carbocycles. The molecule has 0 aliphatic heterocycles. The van der Waals surface area contributed by atoms with E-state index < -0.39 is 18.0 Å². The van der Waals surface area contributed by atoms with E-state index in [1.54, 1.807) is 0 Å². The lowest BCUT2D eigenvalue weighted by atomic mass is 10.1. The lowest BCUT2D eigenvalue weighted by Gasteiger charge is -2.10.